The maximum absolute atomic E-state index is 10.6. The fraction of sp³-hybridized carbons (Fsp3) is 0.400. The highest BCUT2D eigenvalue weighted by Crippen LogP contribution is 2.34. The van der Waals surface area contributed by atoms with Gasteiger partial charge >= 0.3 is 0 Å². The first kappa shape index (κ1) is 22.0. The molecule has 1 fully saturated rings. The van der Waals surface area contributed by atoms with Crippen LogP contribution in [0.2, 0.25) is 0 Å². The predicted octanol–water partition coefficient (Wildman–Crippen LogP) is 4.36. The third-order valence-electron chi connectivity index (χ3n) is 6.06. The van der Waals surface area contributed by atoms with Crippen molar-refractivity contribution in [2.24, 2.45) is 0 Å². The molecule has 0 spiro atoms. The van der Waals surface area contributed by atoms with Crippen molar-refractivity contribution in [1.29, 1.82) is 0 Å². The third-order valence-corrected chi connectivity index (χ3v) is 6.06. The molecule has 0 unspecified atom stereocenters. The molecule has 0 aliphatic carbocycles. The average Bonchev–Trinajstić information content (AvgIpc) is 2.72. The molecule has 0 radical (unpaired) electrons. The van der Waals surface area contributed by atoms with Crippen LogP contribution in [0, 0.1) is 0 Å². The number of hydrogen-bond acceptors (Lipinski definition) is 7. The van der Waals surface area contributed by atoms with Crippen molar-refractivity contribution in [2.75, 3.05) is 11.9 Å². The van der Waals surface area contributed by atoms with Gasteiger partial charge in [-0.25, -0.2) is 4.98 Å². The van der Waals surface area contributed by atoms with E-state index in [-0.39, 0.29) is 22.6 Å². The van der Waals surface area contributed by atoms with E-state index < -0.39 is 0 Å². The lowest BCUT2D eigenvalue weighted by molar-refractivity contribution is 0.160. The second-order valence-electron chi connectivity index (χ2n) is 9.99. The topological polar surface area (TPSA) is 94.4 Å². The quantitative estimate of drug-likeness (QED) is 0.563. The number of aromatic nitrogens is 3. The first-order valence-corrected chi connectivity index (χ1v) is 10.9. The van der Waals surface area contributed by atoms with E-state index in [1.165, 1.54) is 0 Å². The van der Waals surface area contributed by atoms with Gasteiger partial charge in [-0.2, -0.15) is 0 Å². The first-order chi connectivity index (χ1) is 15.0. The van der Waals surface area contributed by atoms with E-state index in [1.807, 2.05) is 19.2 Å². The molecule has 168 valence electrons. The fourth-order valence-electron chi connectivity index (χ4n) is 4.84. The molecular weight excluding hydrogens is 402 g/mol. The van der Waals surface area contributed by atoms with Crippen molar-refractivity contribution < 1.29 is 10.2 Å². The Balaban J connectivity index is 1.54. The lowest BCUT2D eigenvalue weighted by Gasteiger charge is -2.48. The molecule has 0 saturated carbocycles. The molecule has 3 aromatic rings. The summed E-state index contributed by atoms with van der Waals surface area (Å²) in [4.78, 5) is 6.66. The van der Waals surface area contributed by atoms with Gasteiger partial charge in [-0.15, -0.1) is 10.2 Å². The number of phenols is 2. The predicted molar refractivity (Wildman–Crippen MR) is 127 cm³/mol. The number of nitrogens with one attached hydrogen (secondary N) is 1. The molecule has 2 heterocycles. The minimum absolute atomic E-state index is 0.0269. The minimum Gasteiger partial charge on any atom is -0.508 e. The van der Waals surface area contributed by atoms with Crippen LogP contribution in [-0.4, -0.2) is 49.6 Å². The summed E-state index contributed by atoms with van der Waals surface area (Å²) in [6, 6.07) is 12.5. The number of aromatic hydroxyl groups is 2. The van der Waals surface area contributed by atoms with Gasteiger partial charge in [-0.1, -0.05) is 18.2 Å². The Morgan fingerprint density at radius 2 is 1.53 bits per heavy atom. The van der Waals surface area contributed by atoms with Crippen molar-refractivity contribution in [3.05, 3.63) is 48.7 Å². The van der Waals surface area contributed by atoms with E-state index in [4.69, 9.17) is 0 Å². The molecule has 0 bridgehead atoms. The number of piperidine rings is 1. The summed E-state index contributed by atoms with van der Waals surface area (Å²) in [6.45, 7) is 8.90. The SMILES string of the molecule is CN(c1ncc(-c2ccc(-c3ccc(O)cc3)cc2O)nn1)C1CC(C)(C)NC(C)(C)C1. The number of anilines is 1. The molecule has 7 heteroatoms. The van der Waals surface area contributed by atoms with Crippen molar-refractivity contribution in [1.82, 2.24) is 20.5 Å². The van der Waals surface area contributed by atoms with Crippen LogP contribution in [0.4, 0.5) is 5.95 Å². The number of hydrogen-bond donors (Lipinski definition) is 3. The highest BCUT2D eigenvalue weighted by Gasteiger charge is 2.39. The van der Waals surface area contributed by atoms with Crippen LogP contribution >= 0.6 is 0 Å². The zero-order chi connectivity index (χ0) is 23.1. The molecule has 1 saturated heterocycles. The molecule has 0 amide bonds. The van der Waals surface area contributed by atoms with Crippen molar-refractivity contribution in [3.8, 4) is 33.9 Å². The summed E-state index contributed by atoms with van der Waals surface area (Å²) in [5.41, 5.74) is 2.89. The van der Waals surface area contributed by atoms with Gasteiger partial charge in [-0.3, -0.25) is 0 Å². The van der Waals surface area contributed by atoms with Crippen LogP contribution in [0.3, 0.4) is 0 Å². The van der Waals surface area contributed by atoms with Gasteiger partial charge in [0.1, 0.15) is 17.2 Å². The smallest absolute Gasteiger partial charge is 0.245 e. The fourth-order valence-corrected chi connectivity index (χ4v) is 4.84. The number of benzene rings is 2. The number of rotatable bonds is 4. The van der Waals surface area contributed by atoms with Crippen LogP contribution in [0.25, 0.3) is 22.4 Å². The summed E-state index contributed by atoms with van der Waals surface area (Å²) in [7, 11) is 2.02. The van der Waals surface area contributed by atoms with Gasteiger partial charge < -0.3 is 20.4 Å². The highest BCUT2D eigenvalue weighted by molar-refractivity contribution is 5.74. The maximum Gasteiger partial charge on any atom is 0.245 e. The molecule has 1 aliphatic heterocycles. The standard InChI is InChI=1S/C25H31N5O2/c1-24(2)13-18(14-25(3,4)29-24)30(5)23-26-15-21(27-28-23)20-11-8-17(12-22(20)32)16-6-9-19(31)10-7-16/h6-12,15,18,29,31-32H,13-14H2,1-5H3. The molecule has 32 heavy (non-hydrogen) atoms. The molecule has 1 aliphatic rings. The lowest BCUT2D eigenvalue weighted by atomic mass is 9.79. The van der Waals surface area contributed by atoms with E-state index in [1.54, 1.807) is 36.5 Å². The first-order valence-electron chi connectivity index (χ1n) is 10.9. The number of nitrogens with zero attached hydrogens (tertiary/aromatic N) is 4. The zero-order valence-corrected chi connectivity index (χ0v) is 19.3. The molecule has 0 atom stereocenters. The Hall–Kier alpha value is -3.19. The summed E-state index contributed by atoms with van der Waals surface area (Å²) in [5.74, 6) is 0.889. The van der Waals surface area contributed by atoms with Crippen LogP contribution in [0.1, 0.15) is 40.5 Å². The van der Waals surface area contributed by atoms with Gasteiger partial charge in [0.2, 0.25) is 5.95 Å². The summed E-state index contributed by atoms with van der Waals surface area (Å²) >= 11 is 0. The normalized spacial score (nSPS) is 17.8. The van der Waals surface area contributed by atoms with Gasteiger partial charge in [-0.05, 0) is 75.9 Å². The van der Waals surface area contributed by atoms with E-state index in [9.17, 15) is 10.2 Å². The Labute approximate surface area is 189 Å². The van der Waals surface area contributed by atoms with Gasteiger partial charge in [0.25, 0.3) is 0 Å². The molecule has 4 rings (SSSR count). The minimum atomic E-state index is 0.0269. The molecular formula is C25H31N5O2. The van der Waals surface area contributed by atoms with E-state index in [0.717, 1.165) is 24.0 Å². The summed E-state index contributed by atoms with van der Waals surface area (Å²) < 4.78 is 0. The van der Waals surface area contributed by atoms with Gasteiger partial charge in [0.15, 0.2) is 0 Å². The number of phenolic OH excluding ortho intramolecular Hbond substituents is 2. The zero-order valence-electron chi connectivity index (χ0n) is 19.3. The molecule has 1 aromatic heterocycles. The van der Waals surface area contributed by atoms with Gasteiger partial charge in [0, 0.05) is 29.7 Å². The van der Waals surface area contributed by atoms with Crippen LogP contribution in [-0.2, 0) is 0 Å². The molecule has 7 nitrogen and oxygen atoms in total. The third kappa shape index (κ3) is 4.67. The summed E-state index contributed by atoms with van der Waals surface area (Å²) in [5, 5.41) is 32.5. The van der Waals surface area contributed by atoms with E-state index in [2.05, 4.69) is 53.1 Å². The second-order valence-corrected chi connectivity index (χ2v) is 9.99. The van der Waals surface area contributed by atoms with E-state index in [0.29, 0.717) is 23.2 Å². The average molecular weight is 434 g/mol. The summed E-state index contributed by atoms with van der Waals surface area (Å²) in [6.07, 6.45) is 3.63. The Morgan fingerprint density at radius 1 is 0.906 bits per heavy atom. The van der Waals surface area contributed by atoms with Gasteiger partial charge in [0.05, 0.1) is 6.20 Å². The van der Waals surface area contributed by atoms with E-state index >= 15 is 0 Å². The Kier molecular flexibility index (Phi) is 5.54. The lowest BCUT2D eigenvalue weighted by Crippen LogP contribution is -2.62. The van der Waals surface area contributed by atoms with Crippen molar-refractivity contribution in [3.63, 3.8) is 0 Å². The Morgan fingerprint density at radius 3 is 2.09 bits per heavy atom. The highest BCUT2D eigenvalue weighted by atomic mass is 16.3. The van der Waals surface area contributed by atoms with Crippen LogP contribution in [0.5, 0.6) is 11.5 Å². The van der Waals surface area contributed by atoms with Crippen LogP contribution in [0.15, 0.2) is 48.7 Å². The van der Waals surface area contributed by atoms with Crippen molar-refractivity contribution in [2.45, 2.75) is 57.7 Å². The van der Waals surface area contributed by atoms with Crippen molar-refractivity contribution >= 4 is 5.95 Å². The monoisotopic (exact) mass is 433 g/mol. The van der Waals surface area contributed by atoms with Crippen LogP contribution < -0.4 is 10.2 Å². The second kappa shape index (κ2) is 8.06. The maximum atomic E-state index is 10.6. The largest absolute Gasteiger partial charge is 0.508 e. The Bertz CT molecular complexity index is 1080. The molecule has 2 aromatic carbocycles. The molecule has 3 N–H and O–H groups in total.